The zero-order valence-electron chi connectivity index (χ0n) is 17.2. The van der Waals surface area contributed by atoms with E-state index in [0.717, 1.165) is 40.3 Å². The Morgan fingerprint density at radius 2 is 2.17 bits per heavy atom. The number of rotatable bonds is 6. The van der Waals surface area contributed by atoms with E-state index in [1.165, 1.54) is 0 Å². The molecule has 1 aromatic carbocycles. The van der Waals surface area contributed by atoms with Crippen LogP contribution in [0.3, 0.4) is 0 Å². The Kier molecular flexibility index (Phi) is 5.58. The van der Waals surface area contributed by atoms with Crippen LogP contribution in [-0.4, -0.2) is 29.9 Å². The Bertz CT molecular complexity index is 966. The van der Waals surface area contributed by atoms with Crippen molar-refractivity contribution in [2.24, 2.45) is 4.99 Å². The van der Waals surface area contributed by atoms with Crippen LogP contribution in [0.15, 0.2) is 27.6 Å². The zero-order chi connectivity index (χ0) is 20.5. The minimum Gasteiger partial charge on any atom is -0.493 e. The highest BCUT2D eigenvalue weighted by Crippen LogP contribution is 2.47. The lowest BCUT2D eigenvalue weighted by Gasteiger charge is -2.22. The molecule has 1 aromatic heterocycles. The minimum absolute atomic E-state index is 0.115. The largest absolute Gasteiger partial charge is 0.493 e. The normalized spacial score (nSPS) is 19.9. The van der Waals surface area contributed by atoms with E-state index in [2.05, 4.69) is 12.2 Å². The van der Waals surface area contributed by atoms with Crippen LogP contribution in [0.4, 0.5) is 0 Å². The molecule has 1 amide bonds. The molecule has 2 aromatic rings. The number of hydrogen-bond donors (Lipinski definition) is 1. The monoisotopic (exact) mass is 414 g/mol. The maximum Gasteiger partial charge on any atom is 0.287 e. The number of benzene rings is 1. The third-order valence-corrected chi connectivity index (χ3v) is 6.65. The number of aryl methyl sites for hydroxylation is 1. The van der Waals surface area contributed by atoms with Gasteiger partial charge < -0.3 is 19.2 Å². The van der Waals surface area contributed by atoms with E-state index in [1.807, 2.05) is 43.8 Å². The summed E-state index contributed by atoms with van der Waals surface area (Å²) in [4.78, 5) is 17.6. The third kappa shape index (κ3) is 3.75. The number of amides is 1. The zero-order valence-corrected chi connectivity index (χ0v) is 18.0. The summed E-state index contributed by atoms with van der Waals surface area (Å²) in [6, 6.07) is 5.77. The second-order valence-corrected chi connectivity index (χ2v) is 8.71. The van der Waals surface area contributed by atoms with Crippen LogP contribution in [0.5, 0.6) is 11.5 Å². The van der Waals surface area contributed by atoms with E-state index in [1.54, 1.807) is 7.11 Å². The van der Waals surface area contributed by atoms with E-state index in [-0.39, 0.29) is 11.9 Å². The van der Waals surface area contributed by atoms with Crippen molar-refractivity contribution in [2.45, 2.75) is 51.4 Å². The SMILES string of the molecule is CCOc1cc(CNC(=O)c2oc3c(c2C)C2N=C(C)SC2CC3)ccc1OC. The van der Waals surface area contributed by atoms with Crippen molar-refractivity contribution in [3.8, 4) is 11.5 Å². The van der Waals surface area contributed by atoms with Gasteiger partial charge in [0.05, 0.1) is 24.8 Å². The lowest BCUT2D eigenvalue weighted by atomic mass is 9.90. The number of carbonyl (C=O) groups excluding carboxylic acids is 1. The summed E-state index contributed by atoms with van der Waals surface area (Å²) in [5.41, 5.74) is 2.96. The molecule has 0 radical (unpaired) electrons. The van der Waals surface area contributed by atoms with Gasteiger partial charge in [0.2, 0.25) is 0 Å². The fraction of sp³-hybridized carbons (Fsp3) is 0.455. The van der Waals surface area contributed by atoms with Gasteiger partial charge in [-0.25, -0.2) is 0 Å². The van der Waals surface area contributed by atoms with Crippen LogP contribution < -0.4 is 14.8 Å². The molecule has 0 bridgehead atoms. The van der Waals surface area contributed by atoms with Gasteiger partial charge >= 0.3 is 0 Å². The highest BCUT2D eigenvalue weighted by Gasteiger charge is 2.39. The Hall–Kier alpha value is -2.41. The Morgan fingerprint density at radius 1 is 1.34 bits per heavy atom. The molecule has 2 heterocycles. The Balaban J connectivity index is 1.50. The molecule has 0 fully saturated rings. The average molecular weight is 415 g/mol. The lowest BCUT2D eigenvalue weighted by Crippen LogP contribution is -2.23. The molecule has 0 spiro atoms. The number of aliphatic imine (C=N–C) groups is 1. The molecule has 2 aliphatic rings. The van der Waals surface area contributed by atoms with Crippen molar-refractivity contribution in [3.05, 3.63) is 46.4 Å². The molecular weight excluding hydrogens is 388 g/mol. The topological polar surface area (TPSA) is 73.1 Å². The first-order valence-corrected chi connectivity index (χ1v) is 10.8. The van der Waals surface area contributed by atoms with Crippen molar-refractivity contribution >= 4 is 22.7 Å². The minimum atomic E-state index is -0.200. The van der Waals surface area contributed by atoms with Gasteiger partial charge in [-0.15, -0.1) is 11.8 Å². The van der Waals surface area contributed by atoms with Crippen LogP contribution in [0.25, 0.3) is 0 Å². The number of carbonyl (C=O) groups is 1. The van der Waals surface area contributed by atoms with Crippen LogP contribution in [0.1, 0.15) is 59.3 Å². The van der Waals surface area contributed by atoms with Gasteiger partial charge in [0, 0.05) is 29.3 Å². The molecule has 0 saturated carbocycles. The van der Waals surface area contributed by atoms with Crippen molar-refractivity contribution < 1.29 is 18.7 Å². The van der Waals surface area contributed by atoms with Gasteiger partial charge in [-0.2, -0.15) is 0 Å². The molecule has 7 heteroatoms. The van der Waals surface area contributed by atoms with Crippen LogP contribution in [0, 0.1) is 6.92 Å². The fourth-order valence-electron chi connectivity index (χ4n) is 4.07. The summed E-state index contributed by atoms with van der Waals surface area (Å²) in [6.45, 7) is 6.87. The first kappa shape index (κ1) is 19.9. The molecule has 1 N–H and O–H groups in total. The standard InChI is InChI=1S/C22H26N2O4S/c1-5-27-17-10-14(6-7-15(17)26-4)11-23-22(25)21-12(2)19-16(28-21)8-9-18-20(19)24-13(3)29-18/h6-7,10,18,20H,5,8-9,11H2,1-4H3,(H,23,25). The molecule has 2 unspecified atom stereocenters. The number of ether oxygens (including phenoxy) is 2. The average Bonchev–Trinajstić information content (AvgIpc) is 3.25. The lowest BCUT2D eigenvalue weighted by molar-refractivity contribution is 0.0920. The molecular formula is C22H26N2O4S. The van der Waals surface area contributed by atoms with Crippen LogP contribution in [0.2, 0.25) is 0 Å². The van der Waals surface area contributed by atoms with Gasteiger partial charge in [-0.05, 0) is 44.9 Å². The fourth-order valence-corrected chi connectivity index (χ4v) is 5.24. The first-order chi connectivity index (χ1) is 14.0. The van der Waals surface area contributed by atoms with Crippen molar-refractivity contribution in [3.63, 3.8) is 0 Å². The van der Waals surface area contributed by atoms with E-state index in [0.29, 0.717) is 35.7 Å². The predicted octanol–water partition coefficient (Wildman–Crippen LogP) is 4.45. The number of methoxy groups -OCH3 is 1. The molecule has 2 atom stereocenters. The second kappa shape index (κ2) is 8.14. The van der Waals surface area contributed by atoms with Gasteiger partial charge in [0.15, 0.2) is 17.3 Å². The predicted molar refractivity (Wildman–Crippen MR) is 114 cm³/mol. The second-order valence-electron chi connectivity index (χ2n) is 7.28. The summed E-state index contributed by atoms with van der Waals surface area (Å²) in [7, 11) is 1.61. The summed E-state index contributed by atoms with van der Waals surface area (Å²) >= 11 is 1.84. The molecule has 0 saturated heterocycles. The van der Waals surface area contributed by atoms with Crippen molar-refractivity contribution in [1.82, 2.24) is 5.32 Å². The summed E-state index contributed by atoms with van der Waals surface area (Å²) in [6.07, 6.45) is 1.89. The number of fused-ring (bicyclic) bond motifs is 3. The van der Waals surface area contributed by atoms with Crippen molar-refractivity contribution in [2.75, 3.05) is 13.7 Å². The molecule has 154 valence electrons. The van der Waals surface area contributed by atoms with Gasteiger partial charge in [-0.1, -0.05) is 6.07 Å². The Morgan fingerprint density at radius 3 is 2.93 bits per heavy atom. The molecule has 1 aliphatic heterocycles. The smallest absolute Gasteiger partial charge is 0.287 e. The Labute approximate surface area is 175 Å². The number of hydrogen-bond acceptors (Lipinski definition) is 6. The highest BCUT2D eigenvalue weighted by atomic mass is 32.2. The molecule has 29 heavy (non-hydrogen) atoms. The van der Waals surface area contributed by atoms with Gasteiger partial charge in [-0.3, -0.25) is 9.79 Å². The quantitative estimate of drug-likeness (QED) is 0.756. The third-order valence-electron chi connectivity index (χ3n) is 5.40. The first-order valence-electron chi connectivity index (χ1n) is 9.93. The number of nitrogens with zero attached hydrogens (tertiary/aromatic N) is 1. The van der Waals surface area contributed by atoms with Gasteiger partial charge in [0.1, 0.15) is 5.76 Å². The van der Waals surface area contributed by atoms with E-state index in [9.17, 15) is 4.79 Å². The van der Waals surface area contributed by atoms with Crippen LogP contribution >= 0.6 is 11.8 Å². The molecule has 6 nitrogen and oxygen atoms in total. The number of nitrogens with one attached hydrogen (secondary N) is 1. The van der Waals surface area contributed by atoms with E-state index in [4.69, 9.17) is 18.9 Å². The summed E-state index contributed by atoms with van der Waals surface area (Å²) in [5.74, 6) is 2.46. The van der Waals surface area contributed by atoms with E-state index < -0.39 is 0 Å². The highest BCUT2D eigenvalue weighted by molar-refractivity contribution is 8.14. The van der Waals surface area contributed by atoms with Crippen molar-refractivity contribution in [1.29, 1.82) is 0 Å². The van der Waals surface area contributed by atoms with Crippen LogP contribution in [-0.2, 0) is 13.0 Å². The van der Waals surface area contributed by atoms with E-state index >= 15 is 0 Å². The maximum atomic E-state index is 12.8. The maximum absolute atomic E-state index is 12.8. The molecule has 1 aliphatic carbocycles. The molecule has 4 rings (SSSR count). The number of furan rings is 1. The summed E-state index contributed by atoms with van der Waals surface area (Å²) < 4.78 is 16.9. The summed E-state index contributed by atoms with van der Waals surface area (Å²) in [5, 5.41) is 4.55. The number of thioether (sulfide) groups is 1. The van der Waals surface area contributed by atoms with Gasteiger partial charge in [0.25, 0.3) is 5.91 Å².